The van der Waals surface area contributed by atoms with E-state index in [9.17, 15) is 4.39 Å². The molecule has 2 aromatic rings. The zero-order chi connectivity index (χ0) is 13.8. The SMILES string of the molecule is CN(Cc1cccc(Br)c1)c1ccc(CN)cc1F. The Morgan fingerprint density at radius 2 is 1.95 bits per heavy atom. The molecule has 2 aromatic carbocycles. The molecule has 2 nitrogen and oxygen atoms in total. The van der Waals surface area contributed by atoms with E-state index < -0.39 is 0 Å². The zero-order valence-corrected chi connectivity index (χ0v) is 12.3. The Kier molecular flexibility index (Phi) is 4.56. The Morgan fingerprint density at radius 1 is 1.16 bits per heavy atom. The molecule has 0 amide bonds. The van der Waals surface area contributed by atoms with Gasteiger partial charge in [-0.3, -0.25) is 0 Å². The summed E-state index contributed by atoms with van der Waals surface area (Å²) >= 11 is 3.44. The lowest BCUT2D eigenvalue weighted by Crippen LogP contribution is -2.18. The van der Waals surface area contributed by atoms with Gasteiger partial charge in [-0.25, -0.2) is 4.39 Å². The van der Waals surface area contributed by atoms with Crippen LogP contribution < -0.4 is 10.6 Å². The first-order valence-electron chi connectivity index (χ1n) is 6.04. The largest absolute Gasteiger partial charge is 0.368 e. The summed E-state index contributed by atoms with van der Waals surface area (Å²) in [5, 5.41) is 0. The molecule has 0 bridgehead atoms. The number of anilines is 1. The lowest BCUT2D eigenvalue weighted by atomic mass is 10.1. The molecule has 0 fully saturated rings. The van der Waals surface area contributed by atoms with Gasteiger partial charge < -0.3 is 10.6 Å². The van der Waals surface area contributed by atoms with E-state index in [1.807, 2.05) is 42.3 Å². The molecule has 2 N–H and O–H groups in total. The number of nitrogens with two attached hydrogens (primary N) is 1. The van der Waals surface area contributed by atoms with Gasteiger partial charge in [0.25, 0.3) is 0 Å². The highest BCUT2D eigenvalue weighted by molar-refractivity contribution is 9.10. The minimum atomic E-state index is -0.236. The maximum absolute atomic E-state index is 14.0. The van der Waals surface area contributed by atoms with Gasteiger partial charge in [0.2, 0.25) is 0 Å². The summed E-state index contributed by atoms with van der Waals surface area (Å²) in [6, 6.07) is 13.1. The first kappa shape index (κ1) is 14.0. The molecule has 0 saturated carbocycles. The second kappa shape index (κ2) is 6.17. The van der Waals surface area contributed by atoms with Crippen molar-refractivity contribution in [3.05, 3.63) is 63.9 Å². The van der Waals surface area contributed by atoms with Crippen LogP contribution in [0.4, 0.5) is 10.1 Å². The van der Waals surface area contributed by atoms with Gasteiger partial charge in [0.1, 0.15) is 5.82 Å². The molecule has 0 spiro atoms. The fraction of sp³-hybridized carbons (Fsp3) is 0.200. The Balaban J connectivity index is 2.18. The fourth-order valence-corrected chi connectivity index (χ4v) is 2.43. The zero-order valence-electron chi connectivity index (χ0n) is 10.7. The highest BCUT2D eigenvalue weighted by Crippen LogP contribution is 2.22. The molecular formula is C15H16BrFN2. The van der Waals surface area contributed by atoms with Gasteiger partial charge in [0.15, 0.2) is 0 Å². The van der Waals surface area contributed by atoms with Crippen LogP contribution in [0.2, 0.25) is 0 Å². The van der Waals surface area contributed by atoms with Crippen molar-refractivity contribution >= 4 is 21.6 Å². The Bertz CT molecular complexity index is 572. The molecule has 0 heterocycles. The average Bonchev–Trinajstić information content (AvgIpc) is 2.38. The summed E-state index contributed by atoms with van der Waals surface area (Å²) in [4.78, 5) is 1.89. The van der Waals surface area contributed by atoms with E-state index in [1.54, 1.807) is 6.07 Å². The van der Waals surface area contributed by atoms with Crippen LogP contribution in [-0.4, -0.2) is 7.05 Å². The van der Waals surface area contributed by atoms with Crippen molar-refractivity contribution in [1.82, 2.24) is 0 Å². The number of halogens is 2. The molecule has 0 aliphatic rings. The molecule has 0 aromatic heterocycles. The van der Waals surface area contributed by atoms with Crippen molar-refractivity contribution in [3.63, 3.8) is 0 Å². The third-order valence-electron chi connectivity index (χ3n) is 2.97. The average molecular weight is 323 g/mol. The number of hydrogen-bond acceptors (Lipinski definition) is 2. The summed E-state index contributed by atoms with van der Waals surface area (Å²) in [5.74, 6) is -0.236. The summed E-state index contributed by atoms with van der Waals surface area (Å²) in [6.07, 6.45) is 0. The predicted molar refractivity (Wildman–Crippen MR) is 80.5 cm³/mol. The topological polar surface area (TPSA) is 29.3 Å². The fourth-order valence-electron chi connectivity index (χ4n) is 1.98. The van der Waals surface area contributed by atoms with Crippen molar-refractivity contribution in [2.24, 2.45) is 5.73 Å². The second-order valence-corrected chi connectivity index (χ2v) is 5.39. The van der Waals surface area contributed by atoms with Crippen molar-refractivity contribution < 1.29 is 4.39 Å². The molecule has 0 radical (unpaired) electrons. The van der Waals surface area contributed by atoms with E-state index in [0.717, 1.165) is 15.6 Å². The molecule has 19 heavy (non-hydrogen) atoms. The second-order valence-electron chi connectivity index (χ2n) is 4.48. The number of benzene rings is 2. The van der Waals surface area contributed by atoms with E-state index in [2.05, 4.69) is 15.9 Å². The normalized spacial score (nSPS) is 10.5. The molecule has 100 valence electrons. The highest BCUT2D eigenvalue weighted by atomic mass is 79.9. The van der Waals surface area contributed by atoms with E-state index in [0.29, 0.717) is 18.8 Å². The third kappa shape index (κ3) is 3.55. The summed E-state index contributed by atoms with van der Waals surface area (Å²) in [6.45, 7) is 1.00. The van der Waals surface area contributed by atoms with Crippen LogP contribution in [0.25, 0.3) is 0 Å². The summed E-state index contributed by atoms with van der Waals surface area (Å²) in [5.41, 5.74) is 8.01. The van der Waals surface area contributed by atoms with Crippen LogP contribution in [0.3, 0.4) is 0 Å². The van der Waals surface area contributed by atoms with Gasteiger partial charge in [-0.05, 0) is 35.4 Å². The van der Waals surface area contributed by atoms with Crippen molar-refractivity contribution in [1.29, 1.82) is 0 Å². The molecule has 2 rings (SSSR count). The van der Waals surface area contributed by atoms with Gasteiger partial charge in [-0.1, -0.05) is 34.1 Å². The van der Waals surface area contributed by atoms with Crippen LogP contribution in [-0.2, 0) is 13.1 Å². The van der Waals surface area contributed by atoms with Gasteiger partial charge >= 0.3 is 0 Å². The number of rotatable bonds is 4. The van der Waals surface area contributed by atoms with Crippen LogP contribution in [0, 0.1) is 5.82 Å². The predicted octanol–water partition coefficient (Wildman–Crippen LogP) is 3.68. The van der Waals surface area contributed by atoms with E-state index in [4.69, 9.17) is 5.73 Å². The van der Waals surface area contributed by atoms with Crippen molar-refractivity contribution in [2.45, 2.75) is 13.1 Å². The first-order chi connectivity index (χ1) is 9.10. The number of nitrogens with zero attached hydrogens (tertiary/aromatic N) is 1. The van der Waals surface area contributed by atoms with Gasteiger partial charge in [0, 0.05) is 24.6 Å². The molecule has 0 unspecified atom stereocenters. The number of hydrogen-bond donors (Lipinski definition) is 1. The Labute approximate surface area is 121 Å². The first-order valence-corrected chi connectivity index (χ1v) is 6.83. The summed E-state index contributed by atoms with van der Waals surface area (Å²) in [7, 11) is 1.88. The van der Waals surface area contributed by atoms with Crippen LogP contribution in [0.1, 0.15) is 11.1 Å². The quantitative estimate of drug-likeness (QED) is 0.930. The van der Waals surface area contributed by atoms with Crippen molar-refractivity contribution in [3.8, 4) is 0 Å². The van der Waals surface area contributed by atoms with Gasteiger partial charge in [0.05, 0.1) is 5.69 Å². The lowest BCUT2D eigenvalue weighted by Gasteiger charge is -2.20. The van der Waals surface area contributed by atoms with E-state index in [-0.39, 0.29) is 5.82 Å². The van der Waals surface area contributed by atoms with Crippen LogP contribution in [0.5, 0.6) is 0 Å². The molecule has 0 aliphatic carbocycles. The minimum absolute atomic E-state index is 0.236. The van der Waals surface area contributed by atoms with E-state index in [1.165, 1.54) is 6.07 Å². The van der Waals surface area contributed by atoms with Gasteiger partial charge in [-0.15, -0.1) is 0 Å². The molecule has 4 heteroatoms. The molecule has 0 atom stereocenters. The standard InChI is InChI=1S/C15H16BrFN2/c1-19(10-12-3-2-4-13(16)7-12)15-6-5-11(9-18)8-14(15)17/h2-8H,9-10,18H2,1H3. The molecular weight excluding hydrogens is 307 g/mol. The maximum Gasteiger partial charge on any atom is 0.146 e. The van der Waals surface area contributed by atoms with Crippen LogP contribution in [0.15, 0.2) is 46.9 Å². The smallest absolute Gasteiger partial charge is 0.146 e. The van der Waals surface area contributed by atoms with Crippen LogP contribution >= 0.6 is 15.9 Å². The molecule has 0 saturated heterocycles. The van der Waals surface area contributed by atoms with Gasteiger partial charge in [-0.2, -0.15) is 0 Å². The molecule has 0 aliphatic heterocycles. The van der Waals surface area contributed by atoms with Crippen molar-refractivity contribution in [2.75, 3.05) is 11.9 Å². The monoisotopic (exact) mass is 322 g/mol. The highest BCUT2D eigenvalue weighted by Gasteiger charge is 2.08. The lowest BCUT2D eigenvalue weighted by molar-refractivity contribution is 0.620. The third-order valence-corrected chi connectivity index (χ3v) is 3.46. The summed E-state index contributed by atoms with van der Waals surface area (Å²) < 4.78 is 15.0. The Morgan fingerprint density at radius 3 is 2.58 bits per heavy atom. The van der Waals surface area contributed by atoms with E-state index >= 15 is 0 Å². The minimum Gasteiger partial charge on any atom is -0.368 e. The Hall–Kier alpha value is -1.39. The maximum atomic E-state index is 14.0.